The Morgan fingerprint density at radius 2 is 1.86 bits per heavy atom. The molecule has 14 heavy (non-hydrogen) atoms. The molecule has 0 amide bonds. The molecule has 1 aromatic carbocycles. The Hall–Kier alpha value is -1.28. The lowest BCUT2D eigenvalue weighted by molar-refractivity contribution is 0.104. The minimum absolute atomic E-state index is 0.0794. The molecule has 0 N–H and O–H groups in total. The van der Waals surface area contributed by atoms with Crippen LogP contribution in [0.15, 0.2) is 41.6 Å². The molecule has 0 atom stereocenters. The molecule has 0 saturated carbocycles. The monoisotopic (exact) mass is 209 g/mol. The molecule has 0 spiro atoms. The standard InChI is InChI=1S/C11H12ClNO/c1-13(2)11(12)8-10(14)9-6-4-3-5-7-9/h3-8H,1-2H3/b11-8+. The first-order chi connectivity index (χ1) is 6.61. The van der Waals surface area contributed by atoms with Gasteiger partial charge in [0.05, 0.1) is 0 Å². The largest absolute Gasteiger partial charge is 0.368 e. The number of hydrogen-bond acceptors (Lipinski definition) is 2. The van der Waals surface area contributed by atoms with Gasteiger partial charge in [-0.05, 0) is 0 Å². The third kappa shape index (κ3) is 2.89. The number of benzene rings is 1. The number of ketones is 1. The van der Waals surface area contributed by atoms with Gasteiger partial charge < -0.3 is 4.90 Å². The zero-order chi connectivity index (χ0) is 10.6. The second kappa shape index (κ2) is 4.82. The minimum Gasteiger partial charge on any atom is -0.368 e. The first-order valence-electron chi connectivity index (χ1n) is 4.25. The van der Waals surface area contributed by atoms with Crippen molar-refractivity contribution in [1.82, 2.24) is 4.90 Å². The number of carbonyl (C=O) groups is 1. The molecule has 0 aromatic heterocycles. The predicted molar refractivity (Wildman–Crippen MR) is 58.4 cm³/mol. The van der Waals surface area contributed by atoms with Crippen molar-refractivity contribution in [2.24, 2.45) is 0 Å². The molecule has 3 heteroatoms. The highest BCUT2D eigenvalue weighted by molar-refractivity contribution is 6.31. The molecule has 0 radical (unpaired) electrons. The Kier molecular flexibility index (Phi) is 3.72. The van der Waals surface area contributed by atoms with Crippen LogP contribution in [0.25, 0.3) is 0 Å². The van der Waals surface area contributed by atoms with Crippen molar-refractivity contribution in [3.05, 3.63) is 47.1 Å². The van der Waals surface area contributed by atoms with Gasteiger partial charge in [0, 0.05) is 25.7 Å². The number of rotatable bonds is 3. The van der Waals surface area contributed by atoms with Crippen LogP contribution in [-0.4, -0.2) is 24.8 Å². The van der Waals surface area contributed by atoms with E-state index in [0.29, 0.717) is 10.7 Å². The highest BCUT2D eigenvalue weighted by Crippen LogP contribution is 2.08. The second-order valence-corrected chi connectivity index (χ2v) is 3.48. The first-order valence-corrected chi connectivity index (χ1v) is 4.63. The number of halogens is 1. The fourth-order valence-electron chi connectivity index (χ4n) is 0.923. The van der Waals surface area contributed by atoms with Crippen molar-refractivity contribution >= 4 is 17.4 Å². The fourth-order valence-corrected chi connectivity index (χ4v) is 1.02. The Bertz CT molecular complexity index is 344. The average Bonchev–Trinajstić information content (AvgIpc) is 2.19. The zero-order valence-electron chi connectivity index (χ0n) is 8.20. The number of carbonyl (C=O) groups excluding carboxylic acids is 1. The smallest absolute Gasteiger partial charge is 0.188 e. The van der Waals surface area contributed by atoms with Crippen molar-refractivity contribution in [3.63, 3.8) is 0 Å². The molecule has 74 valence electrons. The van der Waals surface area contributed by atoms with E-state index in [1.807, 2.05) is 18.2 Å². The van der Waals surface area contributed by atoms with E-state index in [-0.39, 0.29) is 5.78 Å². The van der Waals surface area contributed by atoms with Crippen LogP contribution in [0.5, 0.6) is 0 Å². The highest BCUT2D eigenvalue weighted by atomic mass is 35.5. The van der Waals surface area contributed by atoms with Crippen LogP contribution in [0, 0.1) is 0 Å². The third-order valence-electron chi connectivity index (χ3n) is 1.74. The van der Waals surface area contributed by atoms with Gasteiger partial charge in [-0.25, -0.2) is 0 Å². The van der Waals surface area contributed by atoms with E-state index < -0.39 is 0 Å². The van der Waals surface area contributed by atoms with Crippen LogP contribution >= 0.6 is 11.6 Å². The summed E-state index contributed by atoms with van der Waals surface area (Å²) in [5, 5.41) is 0.429. The Labute approximate surface area is 88.8 Å². The van der Waals surface area contributed by atoms with E-state index in [1.165, 1.54) is 6.08 Å². The van der Waals surface area contributed by atoms with Crippen LogP contribution in [0.4, 0.5) is 0 Å². The van der Waals surface area contributed by atoms with Crippen LogP contribution in [-0.2, 0) is 0 Å². The summed E-state index contributed by atoms with van der Waals surface area (Å²) in [6, 6.07) is 9.04. The van der Waals surface area contributed by atoms with E-state index in [4.69, 9.17) is 11.6 Å². The van der Waals surface area contributed by atoms with Gasteiger partial charge in [-0.2, -0.15) is 0 Å². The first kappa shape index (κ1) is 10.8. The molecule has 0 aliphatic carbocycles. The number of hydrogen-bond donors (Lipinski definition) is 0. The summed E-state index contributed by atoms with van der Waals surface area (Å²) in [5.74, 6) is -0.0794. The summed E-state index contributed by atoms with van der Waals surface area (Å²) in [6.45, 7) is 0. The van der Waals surface area contributed by atoms with Gasteiger partial charge in [-0.15, -0.1) is 0 Å². The van der Waals surface area contributed by atoms with E-state index in [2.05, 4.69) is 0 Å². The molecule has 0 aliphatic heterocycles. The van der Waals surface area contributed by atoms with Crippen LogP contribution < -0.4 is 0 Å². The molecular weight excluding hydrogens is 198 g/mol. The molecule has 0 unspecified atom stereocenters. The molecule has 0 aliphatic rings. The Morgan fingerprint density at radius 1 is 1.29 bits per heavy atom. The molecule has 1 aromatic rings. The Morgan fingerprint density at radius 3 is 2.36 bits per heavy atom. The predicted octanol–water partition coefficient (Wildman–Crippen LogP) is 2.51. The molecule has 0 bridgehead atoms. The van der Waals surface area contributed by atoms with Gasteiger partial charge >= 0.3 is 0 Å². The highest BCUT2D eigenvalue weighted by Gasteiger charge is 2.03. The van der Waals surface area contributed by atoms with Gasteiger partial charge in [0.15, 0.2) is 5.78 Å². The topological polar surface area (TPSA) is 20.3 Å². The van der Waals surface area contributed by atoms with Crippen LogP contribution in [0.1, 0.15) is 10.4 Å². The lowest BCUT2D eigenvalue weighted by atomic mass is 10.1. The maximum Gasteiger partial charge on any atom is 0.188 e. The van der Waals surface area contributed by atoms with E-state index in [9.17, 15) is 4.79 Å². The zero-order valence-corrected chi connectivity index (χ0v) is 8.95. The molecule has 0 heterocycles. The van der Waals surface area contributed by atoms with Crippen molar-refractivity contribution in [2.45, 2.75) is 0 Å². The third-order valence-corrected chi connectivity index (χ3v) is 2.18. The normalized spacial score (nSPS) is 11.2. The van der Waals surface area contributed by atoms with Gasteiger partial charge in [0.2, 0.25) is 0 Å². The summed E-state index contributed by atoms with van der Waals surface area (Å²) in [7, 11) is 3.58. The van der Waals surface area contributed by atoms with Gasteiger partial charge in [0.25, 0.3) is 0 Å². The van der Waals surface area contributed by atoms with E-state index >= 15 is 0 Å². The maximum absolute atomic E-state index is 11.6. The SMILES string of the molecule is CN(C)/C(Cl)=C/C(=O)c1ccccc1. The summed E-state index contributed by atoms with van der Waals surface area (Å²) in [6.07, 6.45) is 1.41. The molecule has 1 rings (SSSR count). The quantitative estimate of drug-likeness (QED) is 0.433. The lowest BCUT2D eigenvalue weighted by Gasteiger charge is -2.09. The van der Waals surface area contributed by atoms with E-state index in [1.54, 1.807) is 31.1 Å². The maximum atomic E-state index is 11.6. The van der Waals surface area contributed by atoms with Crippen LogP contribution in [0.3, 0.4) is 0 Å². The minimum atomic E-state index is -0.0794. The molecular formula is C11H12ClNO. The van der Waals surface area contributed by atoms with Crippen molar-refractivity contribution < 1.29 is 4.79 Å². The van der Waals surface area contributed by atoms with Crippen LogP contribution in [0.2, 0.25) is 0 Å². The number of nitrogens with zero attached hydrogens (tertiary/aromatic N) is 1. The van der Waals surface area contributed by atoms with Gasteiger partial charge in [-0.3, -0.25) is 4.79 Å². The summed E-state index contributed by atoms with van der Waals surface area (Å²) in [5.41, 5.74) is 0.646. The Balaban J connectivity index is 2.83. The van der Waals surface area contributed by atoms with Gasteiger partial charge in [-0.1, -0.05) is 41.9 Å². The average molecular weight is 210 g/mol. The molecule has 2 nitrogen and oxygen atoms in total. The summed E-state index contributed by atoms with van der Waals surface area (Å²) < 4.78 is 0. The fraction of sp³-hybridized carbons (Fsp3) is 0.182. The van der Waals surface area contributed by atoms with Crippen molar-refractivity contribution in [3.8, 4) is 0 Å². The van der Waals surface area contributed by atoms with E-state index in [0.717, 1.165) is 0 Å². The molecule has 0 saturated heterocycles. The second-order valence-electron chi connectivity index (χ2n) is 3.09. The lowest BCUT2D eigenvalue weighted by Crippen LogP contribution is -2.08. The van der Waals surface area contributed by atoms with Crippen molar-refractivity contribution in [1.29, 1.82) is 0 Å². The summed E-state index contributed by atoms with van der Waals surface area (Å²) >= 11 is 5.83. The summed E-state index contributed by atoms with van der Waals surface area (Å²) in [4.78, 5) is 13.3. The van der Waals surface area contributed by atoms with Crippen molar-refractivity contribution in [2.75, 3.05) is 14.1 Å². The molecule has 0 fully saturated rings. The number of allylic oxidation sites excluding steroid dienone is 1. The van der Waals surface area contributed by atoms with Gasteiger partial charge in [0.1, 0.15) is 5.16 Å².